The molecule has 0 saturated carbocycles. The van der Waals surface area contributed by atoms with E-state index in [4.69, 9.17) is 4.74 Å². The van der Waals surface area contributed by atoms with Crippen LogP contribution in [0.25, 0.3) is 0 Å². The lowest BCUT2D eigenvalue weighted by Gasteiger charge is -2.10. The summed E-state index contributed by atoms with van der Waals surface area (Å²) in [7, 11) is 0. The van der Waals surface area contributed by atoms with Crippen LogP contribution >= 0.6 is 0 Å². The lowest BCUT2D eigenvalue weighted by Crippen LogP contribution is -2.16. The lowest BCUT2D eigenvalue weighted by molar-refractivity contribution is -0.165. The Morgan fingerprint density at radius 3 is 2.76 bits per heavy atom. The van der Waals surface area contributed by atoms with Gasteiger partial charge in [-0.15, -0.1) is 0 Å². The van der Waals surface area contributed by atoms with E-state index in [2.05, 4.69) is 4.99 Å². The summed E-state index contributed by atoms with van der Waals surface area (Å²) in [6, 6.07) is 0. The number of halogens is 3. The van der Waals surface area contributed by atoms with E-state index < -0.39 is 12.8 Å². The van der Waals surface area contributed by atoms with Gasteiger partial charge in [-0.2, -0.15) is 13.2 Å². The summed E-state index contributed by atoms with van der Waals surface area (Å²) in [5.74, 6) is 0.307. The first-order chi connectivity index (χ1) is 7.92. The molecular weight excluding hydrogens is 231 g/mol. The van der Waals surface area contributed by atoms with E-state index in [9.17, 15) is 13.2 Å². The van der Waals surface area contributed by atoms with Crippen molar-refractivity contribution in [1.82, 2.24) is 0 Å². The van der Waals surface area contributed by atoms with Crippen molar-refractivity contribution in [2.24, 2.45) is 4.99 Å². The Morgan fingerprint density at radius 2 is 2.18 bits per heavy atom. The second kappa shape index (κ2) is 5.89. The summed E-state index contributed by atoms with van der Waals surface area (Å²) in [5.41, 5.74) is 1.97. The maximum Gasteiger partial charge on any atom is 0.422 e. The highest BCUT2D eigenvalue weighted by Crippen LogP contribution is 2.21. The van der Waals surface area contributed by atoms with Crippen molar-refractivity contribution in [3.63, 3.8) is 0 Å². The molecular formula is C12H16F3NO. The van der Waals surface area contributed by atoms with Gasteiger partial charge in [-0.05, 0) is 32.3 Å². The predicted molar refractivity (Wildman–Crippen MR) is 60.8 cm³/mol. The van der Waals surface area contributed by atoms with E-state index in [1.165, 1.54) is 6.20 Å². The van der Waals surface area contributed by atoms with Gasteiger partial charge >= 0.3 is 6.18 Å². The van der Waals surface area contributed by atoms with E-state index >= 15 is 0 Å². The van der Waals surface area contributed by atoms with Gasteiger partial charge in [-0.3, -0.25) is 4.99 Å². The van der Waals surface area contributed by atoms with Gasteiger partial charge in [0.25, 0.3) is 0 Å². The van der Waals surface area contributed by atoms with Gasteiger partial charge in [-0.25, -0.2) is 0 Å². The average Bonchev–Trinajstić information content (AvgIpc) is 2.49. The van der Waals surface area contributed by atoms with Gasteiger partial charge in [0.15, 0.2) is 6.61 Å². The molecule has 0 aromatic carbocycles. The molecule has 0 aromatic heterocycles. The van der Waals surface area contributed by atoms with E-state index in [0.29, 0.717) is 12.2 Å². The van der Waals surface area contributed by atoms with Crippen molar-refractivity contribution >= 4 is 5.71 Å². The van der Waals surface area contributed by atoms with Gasteiger partial charge in [0.05, 0.1) is 6.20 Å². The Balaban J connectivity index is 2.64. The summed E-state index contributed by atoms with van der Waals surface area (Å²) in [6.45, 7) is 2.61. The number of allylic oxidation sites excluding steroid dienone is 3. The number of alkyl halides is 3. The third-order valence-electron chi connectivity index (χ3n) is 2.51. The summed E-state index contributed by atoms with van der Waals surface area (Å²) >= 11 is 0. The zero-order valence-corrected chi connectivity index (χ0v) is 9.97. The smallest absolute Gasteiger partial charge is 0.422 e. The number of hydrogen-bond acceptors (Lipinski definition) is 2. The number of rotatable bonds is 3. The molecule has 0 fully saturated rings. The van der Waals surface area contributed by atoms with Crippen molar-refractivity contribution in [2.45, 2.75) is 39.3 Å². The van der Waals surface area contributed by atoms with Crippen LogP contribution in [0, 0.1) is 0 Å². The molecule has 0 amide bonds. The fraction of sp³-hybridized carbons (Fsp3) is 0.583. The summed E-state index contributed by atoms with van der Waals surface area (Å²) in [6.07, 6.45) is 1.08. The highest BCUT2D eigenvalue weighted by Gasteiger charge is 2.28. The van der Waals surface area contributed by atoms with Crippen LogP contribution in [0.2, 0.25) is 0 Å². The fourth-order valence-electron chi connectivity index (χ4n) is 1.46. The number of hydrogen-bond donors (Lipinski definition) is 0. The highest BCUT2D eigenvalue weighted by atomic mass is 19.4. The third kappa shape index (κ3) is 5.06. The van der Waals surface area contributed by atoms with Gasteiger partial charge in [0, 0.05) is 12.1 Å². The molecule has 0 spiro atoms. The standard InChI is InChI=1S/C12H16F3NO/c1-3-9(2)11-6-4-5-10(7-16-11)17-8-12(13,14)15/h3,7H,4-6,8H2,1-2H3/b9-3-. The minimum atomic E-state index is -4.29. The van der Waals surface area contributed by atoms with Crippen LogP contribution in [0.5, 0.6) is 0 Å². The topological polar surface area (TPSA) is 21.6 Å². The molecule has 17 heavy (non-hydrogen) atoms. The molecule has 0 bridgehead atoms. The van der Waals surface area contributed by atoms with Crippen LogP contribution in [0.15, 0.2) is 28.6 Å². The van der Waals surface area contributed by atoms with E-state index in [1.807, 2.05) is 19.9 Å². The van der Waals surface area contributed by atoms with Crippen molar-refractivity contribution in [1.29, 1.82) is 0 Å². The molecule has 1 rings (SSSR count). The van der Waals surface area contributed by atoms with Gasteiger partial charge in [0.2, 0.25) is 0 Å². The SMILES string of the molecule is C/C=C(/C)C1=NC=C(OCC(F)(F)F)CCC1. The van der Waals surface area contributed by atoms with Crippen molar-refractivity contribution in [3.8, 4) is 0 Å². The minimum Gasteiger partial charge on any atom is -0.487 e. The molecule has 0 aromatic rings. The zero-order chi connectivity index (χ0) is 12.9. The zero-order valence-electron chi connectivity index (χ0n) is 9.97. The monoisotopic (exact) mass is 247 g/mol. The van der Waals surface area contributed by atoms with Crippen LogP contribution < -0.4 is 0 Å². The summed E-state index contributed by atoms with van der Waals surface area (Å²) < 4.78 is 40.6. The second-order valence-electron chi connectivity index (χ2n) is 3.90. The van der Waals surface area contributed by atoms with Crippen molar-refractivity contribution in [3.05, 3.63) is 23.6 Å². The highest BCUT2D eigenvalue weighted by molar-refractivity contribution is 6.00. The molecule has 96 valence electrons. The molecule has 1 aliphatic rings. The summed E-state index contributed by atoms with van der Waals surface area (Å²) in [4.78, 5) is 4.17. The van der Waals surface area contributed by atoms with Crippen molar-refractivity contribution in [2.75, 3.05) is 6.61 Å². The van der Waals surface area contributed by atoms with Crippen LogP contribution in [-0.4, -0.2) is 18.5 Å². The number of ether oxygens (including phenoxy) is 1. The molecule has 0 atom stereocenters. The average molecular weight is 247 g/mol. The van der Waals surface area contributed by atoms with Gasteiger partial charge < -0.3 is 4.74 Å². The normalized spacial score (nSPS) is 18.3. The molecule has 1 heterocycles. The fourth-order valence-corrected chi connectivity index (χ4v) is 1.46. The molecule has 5 heteroatoms. The van der Waals surface area contributed by atoms with E-state index in [1.54, 1.807) is 0 Å². The summed E-state index contributed by atoms with van der Waals surface area (Å²) in [5, 5.41) is 0. The van der Waals surface area contributed by atoms with Crippen LogP contribution in [0.4, 0.5) is 13.2 Å². The minimum absolute atomic E-state index is 0.307. The number of nitrogens with zero attached hydrogens (tertiary/aromatic N) is 1. The van der Waals surface area contributed by atoms with Crippen LogP contribution in [0.1, 0.15) is 33.1 Å². The molecule has 0 aliphatic carbocycles. The van der Waals surface area contributed by atoms with Crippen LogP contribution in [0.3, 0.4) is 0 Å². The Morgan fingerprint density at radius 1 is 1.47 bits per heavy atom. The van der Waals surface area contributed by atoms with Gasteiger partial charge in [0.1, 0.15) is 5.76 Å². The maximum atomic E-state index is 12.0. The Bertz CT molecular complexity index is 353. The maximum absolute atomic E-state index is 12.0. The molecule has 1 aliphatic heterocycles. The second-order valence-corrected chi connectivity index (χ2v) is 3.90. The largest absolute Gasteiger partial charge is 0.487 e. The van der Waals surface area contributed by atoms with Crippen LogP contribution in [-0.2, 0) is 4.74 Å². The molecule has 0 saturated heterocycles. The Hall–Kier alpha value is -1.26. The predicted octanol–water partition coefficient (Wildman–Crippen LogP) is 4.00. The van der Waals surface area contributed by atoms with E-state index in [-0.39, 0.29) is 0 Å². The first-order valence-corrected chi connectivity index (χ1v) is 5.51. The van der Waals surface area contributed by atoms with Crippen molar-refractivity contribution < 1.29 is 17.9 Å². The molecule has 0 radical (unpaired) electrons. The third-order valence-corrected chi connectivity index (χ3v) is 2.51. The quantitative estimate of drug-likeness (QED) is 0.738. The first kappa shape index (κ1) is 13.8. The lowest BCUT2D eigenvalue weighted by atomic mass is 10.1. The van der Waals surface area contributed by atoms with E-state index in [0.717, 1.165) is 24.1 Å². The first-order valence-electron chi connectivity index (χ1n) is 5.51. The molecule has 2 nitrogen and oxygen atoms in total. The molecule has 0 N–H and O–H groups in total. The van der Waals surface area contributed by atoms with Gasteiger partial charge in [-0.1, -0.05) is 6.08 Å². The molecule has 0 unspecified atom stereocenters. The Labute approximate surface area is 98.9 Å². The Kier molecular flexibility index (Phi) is 4.78. The number of aliphatic imine (C=N–C) groups is 1.